The van der Waals surface area contributed by atoms with Crippen LogP contribution in [0, 0.1) is 0 Å². The van der Waals surface area contributed by atoms with Gasteiger partial charge in [-0.25, -0.2) is 4.98 Å². The van der Waals surface area contributed by atoms with Gasteiger partial charge >= 0.3 is 0 Å². The van der Waals surface area contributed by atoms with Crippen LogP contribution in [0.25, 0.3) is 11.1 Å². The lowest BCUT2D eigenvalue weighted by molar-refractivity contribution is 0.609. The number of nitrogens with zero attached hydrogens (tertiary/aromatic N) is 1. The van der Waals surface area contributed by atoms with Gasteiger partial charge in [-0.15, -0.1) is 11.3 Å². The van der Waals surface area contributed by atoms with Crippen molar-refractivity contribution in [1.29, 1.82) is 0 Å². The van der Waals surface area contributed by atoms with Crippen molar-refractivity contribution < 1.29 is 0 Å². The number of hydrogen-bond acceptors (Lipinski definition) is 3. The summed E-state index contributed by atoms with van der Waals surface area (Å²) in [4.78, 5) is 4.35. The first-order chi connectivity index (χ1) is 9.93. The van der Waals surface area contributed by atoms with Gasteiger partial charge in [0.2, 0.25) is 0 Å². The summed E-state index contributed by atoms with van der Waals surface area (Å²) in [7, 11) is 0. The molecule has 0 radical (unpaired) electrons. The summed E-state index contributed by atoms with van der Waals surface area (Å²) in [5.74, 6) is 0. The van der Waals surface area contributed by atoms with E-state index in [1.165, 1.54) is 22.3 Å². The minimum atomic E-state index is 0.268. The molecule has 4 rings (SSSR count). The molecule has 3 heteroatoms. The molecule has 0 unspecified atom stereocenters. The van der Waals surface area contributed by atoms with E-state index in [-0.39, 0.29) is 6.04 Å². The zero-order valence-electron chi connectivity index (χ0n) is 10.9. The van der Waals surface area contributed by atoms with Gasteiger partial charge in [-0.2, -0.15) is 0 Å². The molecule has 0 spiro atoms. The minimum Gasteiger partial charge on any atom is -0.300 e. The van der Waals surface area contributed by atoms with Crippen molar-refractivity contribution in [3.05, 3.63) is 76.2 Å². The number of aromatic nitrogens is 1. The van der Waals surface area contributed by atoms with Crippen LogP contribution in [0.3, 0.4) is 0 Å². The third-order valence-electron chi connectivity index (χ3n) is 3.80. The smallest absolute Gasteiger partial charge is 0.0795 e. The van der Waals surface area contributed by atoms with Gasteiger partial charge in [-0.3, -0.25) is 0 Å². The quantitative estimate of drug-likeness (QED) is 0.783. The molecule has 1 heterocycles. The number of hydrogen-bond donors (Lipinski definition) is 1. The molecule has 0 aliphatic heterocycles. The Labute approximate surface area is 122 Å². The van der Waals surface area contributed by atoms with Crippen molar-refractivity contribution in [3.8, 4) is 11.1 Å². The fourth-order valence-corrected chi connectivity index (χ4v) is 3.47. The molecule has 1 aromatic heterocycles. The Morgan fingerprint density at radius 1 is 0.950 bits per heavy atom. The lowest BCUT2D eigenvalue weighted by Crippen LogP contribution is -2.20. The second-order valence-electron chi connectivity index (χ2n) is 4.97. The maximum atomic E-state index is 4.35. The Morgan fingerprint density at radius 3 is 2.20 bits per heavy atom. The van der Waals surface area contributed by atoms with Gasteiger partial charge in [-0.1, -0.05) is 48.5 Å². The van der Waals surface area contributed by atoms with Crippen molar-refractivity contribution in [2.45, 2.75) is 12.6 Å². The van der Waals surface area contributed by atoms with E-state index in [2.05, 4.69) is 64.2 Å². The molecular weight excluding hydrogens is 264 g/mol. The summed E-state index contributed by atoms with van der Waals surface area (Å²) in [6, 6.07) is 17.6. The average molecular weight is 278 g/mol. The average Bonchev–Trinajstić information content (AvgIpc) is 3.11. The second kappa shape index (κ2) is 4.85. The second-order valence-corrected chi connectivity index (χ2v) is 5.69. The molecule has 20 heavy (non-hydrogen) atoms. The van der Waals surface area contributed by atoms with Crippen LogP contribution >= 0.6 is 11.3 Å². The normalized spacial score (nSPS) is 13.2. The van der Waals surface area contributed by atoms with E-state index in [4.69, 9.17) is 0 Å². The molecule has 0 saturated heterocycles. The molecular formula is C17H14N2S. The first-order valence-electron chi connectivity index (χ1n) is 6.72. The van der Waals surface area contributed by atoms with Crippen molar-refractivity contribution >= 4 is 11.3 Å². The molecule has 0 fully saturated rings. The van der Waals surface area contributed by atoms with Crippen molar-refractivity contribution in [2.24, 2.45) is 0 Å². The summed E-state index contributed by atoms with van der Waals surface area (Å²) in [5.41, 5.74) is 8.41. The molecule has 0 bridgehead atoms. The van der Waals surface area contributed by atoms with Crippen molar-refractivity contribution in [1.82, 2.24) is 10.3 Å². The highest BCUT2D eigenvalue weighted by molar-refractivity contribution is 7.07. The van der Waals surface area contributed by atoms with Crippen LogP contribution in [-0.2, 0) is 6.54 Å². The van der Waals surface area contributed by atoms with Crippen molar-refractivity contribution in [3.63, 3.8) is 0 Å². The van der Waals surface area contributed by atoms with E-state index in [0.29, 0.717) is 0 Å². The molecule has 1 N–H and O–H groups in total. The van der Waals surface area contributed by atoms with E-state index in [1.54, 1.807) is 11.3 Å². The number of benzene rings is 2. The minimum absolute atomic E-state index is 0.268. The predicted molar refractivity (Wildman–Crippen MR) is 82.7 cm³/mol. The highest BCUT2D eigenvalue weighted by Gasteiger charge is 2.27. The van der Waals surface area contributed by atoms with Crippen LogP contribution in [-0.4, -0.2) is 4.98 Å². The highest BCUT2D eigenvalue weighted by Crippen LogP contribution is 2.43. The summed E-state index contributed by atoms with van der Waals surface area (Å²) in [5, 5.41) is 5.74. The standard InChI is InChI=1S/C17H14N2S/c1-3-7-15-13(5-1)14-6-2-4-8-16(14)17(15)18-9-12-10-20-11-19-12/h1-8,10-11,17-18H,9H2. The highest BCUT2D eigenvalue weighted by atomic mass is 32.1. The van der Waals surface area contributed by atoms with Gasteiger partial charge in [0.1, 0.15) is 0 Å². The molecule has 1 aliphatic carbocycles. The summed E-state index contributed by atoms with van der Waals surface area (Å²) in [6.07, 6.45) is 0. The van der Waals surface area contributed by atoms with Crippen LogP contribution in [0.1, 0.15) is 22.9 Å². The van der Waals surface area contributed by atoms with Crippen LogP contribution in [0.2, 0.25) is 0 Å². The van der Waals surface area contributed by atoms with Gasteiger partial charge in [0.15, 0.2) is 0 Å². The summed E-state index contributed by atoms with van der Waals surface area (Å²) >= 11 is 1.64. The lowest BCUT2D eigenvalue weighted by Gasteiger charge is -2.15. The first kappa shape index (κ1) is 11.8. The molecule has 2 aromatic carbocycles. The zero-order valence-corrected chi connectivity index (χ0v) is 11.7. The maximum absolute atomic E-state index is 4.35. The van der Waals surface area contributed by atoms with E-state index >= 15 is 0 Å². The Balaban J connectivity index is 1.72. The molecule has 1 aliphatic rings. The predicted octanol–water partition coefficient (Wildman–Crippen LogP) is 4.00. The monoisotopic (exact) mass is 278 g/mol. The molecule has 0 atom stereocenters. The Hall–Kier alpha value is -1.97. The molecule has 98 valence electrons. The zero-order chi connectivity index (χ0) is 13.4. The molecule has 0 amide bonds. The Kier molecular flexibility index (Phi) is 2.87. The van der Waals surface area contributed by atoms with Gasteiger partial charge in [0, 0.05) is 11.9 Å². The number of fused-ring (bicyclic) bond motifs is 3. The number of thiazole rings is 1. The van der Waals surface area contributed by atoms with Crippen LogP contribution < -0.4 is 5.32 Å². The third-order valence-corrected chi connectivity index (χ3v) is 4.44. The molecule has 2 nitrogen and oxygen atoms in total. The fourth-order valence-electron chi connectivity index (χ4n) is 2.91. The largest absolute Gasteiger partial charge is 0.300 e. The fraction of sp³-hybridized carbons (Fsp3) is 0.118. The van der Waals surface area contributed by atoms with E-state index in [1.807, 2.05) is 5.51 Å². The van der Waals surface area contributed by atoms with Gasteiger partial charge < -0.3 is 5.32 Å². The van der Waals surface area contributed by atoms with Crippen molar-refractivity contribution in [2.75, 3.05) is 0 Å². The van der Waals surface area contributed by atoms with Gasteiger partial charge in [-0.05, 0) is 22.3 Å². The first-order valence-corrected chi connectivity index (χ1v) is 7.66. The molecule has 0 saturated carbocycles. The van der Waals surface area contributed by atoms with E-state index in [0.717, 1.165) is 12.2 Å². The topological polar surface area (TPSA) is 24.9 Å². The van der Waals surface area contributed by atoms with Gasteiger partial charge in [0.25, 0.3) is 0 Å². The van der Waals surface area contributed by atoms with E-state index in [9.17, 15) is 0 Å². The third kappa shape index (κ3) is 1.87. The SMILES string of the molecule is c1ccc2c(c1)-c1ccccc1C2NCc1cscn1. The summed E-state index contributed by atoms with van der Waals surface area (Å²) in [6.45, 7) is 0.802. The van der Waals surface area contributed by atoms with Gasteiger partial charge in [0.05, 0.1) is 17.2 Å². The van der Waals surface area contributed by atoms with Crippen LogP contribution in [0.4, 0.5) is 0 Å². The molecule has 3 aromatic rings. The van der Waals surface area contributed by atoms with E-state index < -0.39 is 0 Å². The van der Waals surface area contributed by atoms with Crippen LogP contribution in [0.15, 0.2) is 59.4 Å². The Bertz CT molecular complexity index is 689. The maximum Gasteiger partial charge on any atom is 0.0795 e. The Morgan fingerprint density at radius 2 is 1.60 bits per heavy atom. The number of nitrogens with one attached hydrogen (secondary N) is 1. The number of rotatable bonds is 3. The lowest BCUT2D eigenvalue weighted by atomic mass is 10.1. The summed E-state index contributed by atoms with van der Waals surface area (Å²) < 4.78 is 0. The van der Waals surface area contributed by atoms with Crippen LogP contribution in [0.5, 0.6) is 0 Å².